The maximum absolute atomic E-state index is 13.2. The van der Waals surface area contributed by atoms with Gasteiger partial charge in [-0.15, -0.1) is 11.3 Å². The zero-order valence-electron chi connectivity index (χ0n) is 9.96. The van der Waals surface area contributed by atoms with Gasteiger partial charge in [0.05, 0.1) is 10.7 Å². The van der Waals surface area contributed by atoms with Crippen LogP contribution in [0.5, 0.6) is 0 Å². The lowest BCUT2D eigenvalue weighted by atomic mass is 10.1. The SMILES string of the molecule is CNCCc1nc(-c2cccc(F)c2)c(C)s1. The Bertz CT molecular complexity index is 508. The Hall–Kier alpha value is -1.26. The lowest BCUT2D eigenvalue weighted by Gasteiger charge is -1.98. The largest absolute Gasteiger partial charge is 0.319 e. The second-order valence-electron chi connectivity index (χ2n) is 3.88. The molecule has 2 rings (SSSR count). The van der Waals surface area contributed by atoms with Crippen LogP contribution in [0.3, 0.4) is 0 Å². The van der Waals surface area contributed by atoms with Crippen LogP contribution in [0.4, 0.5) is 4.39 Å². The fourth-order valence-electron chi connectivity index (χ4n) is 1.69. The molecule has 0 amide bonds. The van der Waals surface area contributed by atoms with Crippen molar-refractivity contribution in [3.63, 3.8) is 0 Å². The molecule has 2 aromatic rings. The van der Waals surface area contributed by atoms with Gasteiger partial charge in [0, 0.05) is 23.4 Å². The van der Waals surface area contributed by atoms with Crippen LogP contribution < -0.4 is 5.32 Å². The minimum Gasteiger partial charge on any atom is -0.319 e. The van der Waals surface area contributed by atoms with Gasteiger partial charge in [-0.3, -0.25) is 0 Å². The van der Waals surface area contributed by atoms with Crippen LogP contribution in [0.2, 0.25) is 0 Å². The molecule has 0 spiro atoms. The molecule has 1 aromatic heterocycles. The van der Waals surface area contributed by atoms with Crippen molar-refractivity contribution in [3.8, 4) is 11.3 Å². The molecule has 90 valence electrons. The summed E-state index contributed by atoms with van der Waals surface area (Å²) in [6, 6.07) is 6.60. The number of halogens is 1. The van der Waals surface area contributed by atoms with E-state index in [2.05, 4.69) is 10.3 Å². The van der Waals surface area contributed by atoms with Crippen molar-refractivity contribution < 1.29 is 4.39 Å². The predicted molar refractivity (Wildman–Crippen MR) is 69.9 cm³/mol. The van der Waals surface area contributed by atoms with E-state index in [1.165, 1.54) is 12.1 Å². The molecule has 0 aliphatic rings. The molecule has 2 nitrogen and oxygen atoms in total. The van der Waals surface area contributed by atoms with E-state index < -0.39 is 0 Å². The first-order valence-corrected chi connectivity index (χ1v) is 6.39. The molecule has 17 heavy (non-hydrogen) atoms. The molecule has 0 radical (unpaired) electrons. The number of aryl methyl sites for hydroxylation is 1. The van der Waals surface area contributed by atoms with E-state index >= 15 is 0 Å². The van der Waals surface area contributed by atoms with Gasteiger partial charge in [0.2, 0.25) is 0 Å². The summed E-state index contributed by atoms with van der Waals surface area (Å²) < 4.78 is 13.2. The van der Waals surface area contributed by atoms with Crippen molar-refractivity contribution in [3.05, 3.63) is 40.0 Å². The van der Waals surface area contributed by atoms with Crippen molar-refractivity contribution in [1.82, 2.24) is 10.3 Å². The van der Waals surface area contributed by atoms with Crippen molar-refractivity contribution in [2.45, 2.75) is 13.3 Å². The minimum atomic E-state index is -0.216. The maximum atomic E-state index is 13.2. The Morgan fingerprint density at radius 1 is 1.41 bits per heavy atom. The summed E-state index contributed by atoms with van der Waals surface area (Å²) in [6.07, 6.45) is 0.914. The number of likely N-dealkylation sites (N-methyl/N-ethyl adjacent to an activating group) is 1. The predicted octanol–water partition coefficient (Wildman–Crippen LogP) is 3.02. The molecule has 4 heteroatoms. The fourth-order valence-corrected chi connectivity index (χ4v) is 2.65. The summed E-state index contributed by atoms with van der Waals surface area (Å²) in [5.41, 5.74) is 1.76. The number of nitrogens with one attached hydrogen (secondary N) is 1. The molecule has 0 fully saturated rings. The molecule has 0 aliphatic heterocycles. The van der Waals surface area contributed by atoms with Crippen LogP contribution in [0.1, 0.15) is 9.88 Å². The first-order chi connectivity index (χ1) is 8.20. The fraction of sp³-hybridized carbons (Fsp3) is 0.308. The standard InChI is InChI=1S/C13H15FN2S/c1-9-13(10-4-3-5-11(14)8-10)16-12(17-9)6-7-15-2/h3-5,8,15H,6-7H2,1-2H3. The summed E-state index contributed by atoms with van der Waals surface area (Å²) in [7, 11) is 1.92. The zero-order chi connectivity index (χ0) is 12.3. The van der Waals surface area contributed by atoms with E-state index in [-0.39, 0.29) is 5.82 Å². The first kappa shape index (κ1) is 12.2. The summed E-state index contributed by atoms with van der Waals surface area (Å²) in [5, 5.41) is 4.19. The lowest BCUT2D eigenvalue weighted by molar-refractivity contribution is 0.628. The summed E-state index contributed by atoms with van der Waals surface area (Å²) in [6.45, 7) is 2.94. The van der Waals surface area contributed by atoms with Crippen molar-refractivity contribution in [2.24, 2.45) is 0 Å². The van der Waals surface area contributed by atoms with Gasteiger partial charge in [-0.2, -0.15) is 0 Å². The van der Waals surface area contributed by atoms with Crippen LogP contribution in [0, 0.1) is 12.7 Å². The van der Waals surface area contributed by atoms with Crippen molar-refractivity contribution in [2.75, 3.05) is 13.6 Å². The average molecular weight is 250 g/mol. The number of aromatic nitrogens is 1. The van der Waals surface area contributed by atoms with E-state index in [0.29, 0.717) is 0 Å². The Morgan fingerprint density at radius 2 is 2.24 bits per heavy atom. The molecule has 0 unspecified atom stereocenters. The third-order valence-electron chi connectivity index (χ3n) is 2.53. The lowest BCUT2D eigenvalue weighted by Crippen LogP contribution is -2.09. The van der Waals surface area contributed by atoms with Gasteiger partial charge in [0.25, 0.3) is 0 Å². The van der Waals surface area contributed by atoms with Crippen LogP contribution in [-0.4, -0.2) is 18.6 Å². The highest BCUT2D eigenvalue weighted by Crippen LogP contribution is 2.27. The minimum absolute atomic E-state index is 0.216. The normalized spacial score (nSPS) is 10.8. The number of benzene rings is 1. The highest BCUT2D eigenvalue weighted by molar-refractivity contribution is 7.12. The monoisotopic (exact) mass is 250 g/mol. The van der Waals surface area contributed by atoms with E-state index in [1.807, 2.05) is 20.0 Å². The summed E-state index contributed by atoms with van der Waals surface area (Å²) in [5.74, 6) is -0.216. The van der Waals surface area contributed by atoms with E-state index in [9.17, 15) is 4.39 Å². The van der Waals surface area contributed by atoms with Gasteiger partial charge in [0.15, 0.2) is 0 Å². The number of hydrogen-bond donors (Lipinski definition) is 1. The van der Waals surface area contributed by atoms with E-state index in [4.69, 9.17) is 0 Å². The van der Waals surface area contributed by atoms with Gasteiger partial charge in [-0.05, 0) is 26.1 Å². The first-order valence-electron chi connectivity index (χ1n) is 5.57. The summed E-state index contributed by atoms with van der Waals surface area (Å²) >= 11 is 1.68. The van der Waals surface area contributed by atoms with Gasteiger partial charge < -0.3 is 5.32 Å². The number of hydrogen-bond acceptors (Lipinski definition) is 3. The molecular formula is C13H15FN2S. The molecule has 0 saturated heterocycles. The third kappa shape index (κ3) is 2.90. The Labute approximate surface area is 105 Å². The number of thiazole rings is 1. The smallest absolute Gasteiger partial charge is 0.123 e. The Kier molecular flexibility index (Phi) is 3.86. The van der Waals surface area contributed by atoms with Crippen LogP contribution in [-0.2, 0) is 6.42 Å². The average Bonchev–Trinajstić information content (AvgIpc) is 2.68. The molecule has 0 bridgehead atoms. The van der Waals surface area contributed by atoms with Gasteiger partial charge >= 0.3 is 0 Å². The molecule has 1 aromatic carbocycles. The molecule has 0 atom stereocenters. The van der Waals surface area contributed by atoms with Crippen molar-refractivity contribution in [1.29, 1.82) is 0 Å². The van der Waals surface area contributed by atoms with Crippen LogP contribution in [0.15, 0.2) is 24.3 Å². The Balaban J connectivity index is 2.29. The Morgan fingerprint density at radius 3 is 2.94 bits per heavy atom. The quantitative estimate of drug-likeness (QED) is 0.902. The van der Waals surface area contributed by atoms with Crippen molar-refractivity contribution >= 4 is 11.3 Å². The van der Waals surface area contributed by atoms with Gasteiger partial charge in [0.1, 0.15) is 5.82 Å². The van der Waals surface area contributed by atoms with Crippen LogP contribution >= 0.6 is 11.3 Å². The molecule has 0 aliphatic carbocycles. The zero-order valence-corrected chi connectivity index (χ0v) is 10.8. The topological polar surface area (TPSA) is 24.9 Å². The number of rotatable bonds is 4. The van der Waals surface area contributed by atoms with Gasteiger partial charge in [-0.25, -0.2) is 9.37 Å². The third-order valence-corrected chi connectivity index (χ3v) is 3.56. The maximum Gasteiger partial charge on any atom is 0.123 e. The van der Waals surface area contributed by atoms with Crippen LogP contribution in [0.25, 0.3) is 11.3 Å². The highest BCUT2D eigenvalue weighted by atomic mass is 32.1. The molecule has 1 N–H and O–H groups in total. The highest BCUT2D eigenvalue weighted by Gasteiger charge is 2.09. The molecule has 1 heterocycles. The number of nitrogens with zero attached hydrogens (tertiary/aromatic N) is 1. The summed E-state index contributed by atoms with van der Waals surface area (Å²) in [4.78, 5) is 5.71. The molecule has 0 saturated carbocycles. The van der Waals surface area contributed by atoms with E-state index in [0.717, 1.165) is 34.1 Å². The second-order valence-corrected chi connectivity index (χ2v) is 5.16. The van der Waals surface area contributed by atoms with E-state index in [1.54, 1.807) is 17.4 Å². The van der Waals surface area contributed by atoms with Gasteiger partial charge in [-0.1, -0.05) is 12.1 Å². The molecular weight excluding hydrogens is 235 g/mol. The second kappa shape index (κ2) is 5.38.